The van der Waals surface area contributed by atoms with Crippen molar-refractivity contribution in [2.45, 2.75) is 39.7 Å². The van der Waals surface area contributed by atoms with Gasteiger partial charge in [-0.25, -0.2) is 0 Å². The highest BCUT2D eigenvalue weighted by Crippen LogP contribution is 2.26. The highest BCUT2D eigenvalue weighted by Gasteiger charge is 2.10. The van der Waals surface area contributed by atoms with Crippen LogP contribution in [-0.4, -0.2) is 21.8 Å². The molecule has 4 rings (SSSR count). The van der Waals surface area contributed by atoms with Crippen LogP contribution in [0.5, 0.6) is 5.75 Å². The maximum absolute atomic E-state index is 5.83. The highest BCUT2D eigenvalue weighted by molar-refractivity contribution is 5.70. The Morgan fingerprint density at radius 3 is 2.86 bits per heavy atom. The molecular weight excluding hydrogens is 348 g/mol. The van der Waals surface area contributed by atoms with Crippen LogP contribution in [0.15, 0.2) is 55.5 Å². The van der Waals surface area contributed by atoms with E-state index in [9.17, 15) is 0 Å². The van der Waals surface area contributed by atoms with E-state index in [1.54, 1.807) is 12.4 Å². The van der Waals surface area contributed by atoms with Crippen LogP contribution in [0, 0.1) is 6.92 Å². The van der Waals surface area contributed by atoms with Crippen LogP contribution in [0.25, 0.3) is 5.57 Å². The zero-order chi connectivity index (χ0) is 19.8. The molecule has 0 saturated carbocycles. The normalized spacial score (nSPS) is 12.6. The van der Waals surface area contributed by atoms with Gasteiger partial charge in [0.15, 0.2) is 0 Å². The molecule has 0 bridgehead atoms. The molecular formula is C23H28N4O. The van der Waals surface area contributed by atoms with Gasteiger partial charge in [-0.1, -0.05) is 24.8 Å². The lowest BCUT2D eigenvalue weighted by Crippen LogP contribution is -2.02. The zero-order valence-electron chi connectivity index (χ0n) is 16.7. The summed E-state index contributed by atoms with van der Waals surface area (Å²) in [6.07, 6.45) is 8.86. The number of allylic oxidation sites excluding steroid dienone is 1. The van der Waals surface area contributed by atoms with Crippen molar-refractivity contribution < 1.29 is 4.74 Å². The van der Waals surface area contributed by atoms with E-state index in [2.05, 4.69) is 45.3 Å². The third kappa shape index (κ3) is 5.46. The fourth-order valence-electron chi connectivity index (χ4n) is 3.04. The van der Waals surface area contributed by atoms with Crippen molar-refractivity contribution in [3.63, 3.8) is 0 Å². The summed E-state index contributed by atoms with van der Waals surface area (Å²) in [5.41, 5.74) is 6.66. The van der Waals surface area contributed by atoms with Crippen molar-refractivity contribution in [1.82, 2.24) is 15.2 Å². The van der Waals surface area contributed by atoms with Gasteiger partial charge in [0, 0.05) is 18.9 Å². The van der Waals surface area contributed by atoms with E-state index < -0.39 is 0 Å². The van der Waals surface area contributed by atoms with Crippen molar-refractivity contribution in [2.75, 3.05) is 11.9 Å². The Kier molecular flexibility index (Phi) is 6.84. The lowest BCUT2D eigenvalue weighted by atomic mass is 10.1. The molecule has 5 heteroatoms. The summed E-state index contributed by atoms with van der Waals surface area (Å²) in [5, 5.41) is 10.4. The van der Waals surface area contributed by atoms with Gasteiger partial charge in [-0.3, -0.25) is 10.1 Å². The van der Waals surface area contributed by atoms with Gasteiger partial charge in [-0.2, -0.15) is 5.10 Å². The Morgan fingerprint density at radius 2 is 2.14 bits per heavy atom. The molecule has 3 heterocycles. The predicted octanol–water partition coefficient (Wildman–Crippen LogP) is 5.16. The minimum Gasteiger partial charge on any atom is -0.493 e. The first-order chi connectivity index (χ1) is 13.6. The number of benzene rings is 1. The van der Waals surface area contributed by atoms with Crippen LogP contribution in [0.1, 0.15) is 42.1 Å². The number of ether oxygens (including phenoxy) is 1. The van der Waals surface area contributed by atoms with E-state index in [0.29, 0.717) is 0 Å². The molecule has 0 radical (unpaired) electrons. The third-order valence-electron chi connectivity index (χ3n) is 4.59. The lowest BCUT2D eigenvalue weighted by Gasteiger charge is -2.11. The van der Waals surface area contributed by atoms with Gasteiger partial charge in [-0.15, -0.1) is 0 Å². The van der Waals surface area contributed by atoms with E-state index in [1.807, 2.05) is 32.2 Å². The third-order valence-corrected chi connectivity index (χ3v) is 4.59. The standard InChI is InChI=1S/C17H21N3O.C6H7N/c1-12(2)17-15(11-19-20-17)18-10-13-6-7-14-5-3-4-8-21-16(14)9-13;1-6-3-2-4-7-5-6/h6-7,9,11,18H,1,3-5,8,10H2,2H3,(H,19,20);2-5H,1H3. The molecule has 3 aromatic rings. The molecule has 0 atom stereocenters. The van der Waals surface area contributed by atoms with Crippen molar-refractivity contribution >= 4 is 11.3 Å². The lowest BCUT2D eigenvalue weighted by molar-refractivity contribution is 0.316. The van der Waals surface area contributed by atoms with Crippen LogP contribution >= 0.6 is 0 Å². The van der Waals surface area contributed by atoms with Crippen LogP contribution in [-0.2, 0) is 13.0 Å². The molecule has 0 aliphatic carbocycles. The summed E-state index contributed by atoms with van der Waals surface area (Å²) in [6, 6.07) is 10.4. The smallest absolute Gasteiger partial charge is 0.122 e. The number of aromatic nitrogens is 3. The Morgan fingerprint density at radius 1 is 1.25 bits per heavy atom. The van der Waals surface area contributed by atoms with Gasteiger partial charge in [0.1, 0.15) is 5.75 Å². The fourth-order valence-corrected chi connectivity index (χ4v) is 3.04. The number of aryl methyl sites for hydroxylation is 2. The van der Waals surface area contributed by atoms with Gasteiger partial charge in [0.25, 0.3) is 0 Å². The van der Waals surface area contributed by atoms with E-state index in [4.69, 9.17) is 4.74 Å². The number of aromatic amines is 1. The first-order valence-electron chi connectivity index (χ1n) is 9.68. The Balaban J connectivity index is 0.000000271. The number of nitrogens with one attached hydrogen (secondary N) is 2. The number of pyridine rings is 1. The number of hydrogen-bond donors (Lipinski definition) is 2. The molecule has 1 aromatic carbocycles. The van der Waals surface area contributed by atoms with Gasteiger partial charge in [-0.05, 0) is 67.5 Å². The minimum atomic E-state index is 0.746. The monoisotopic (exact) mass is 376 g/mol. The molecule has 1 aliphatic rings. The van der Waals surface area contributed by atoms with Crippen LogP contribution in [0.2, 0.25) is 0 Å². The SMILES string of the molecule is C=C(C)c1[nH]ncc1NCc1ccc2c(c1)OCCCC2.Cc1cccnc1. The number of nitrogens with zero attached hydrogens (tertiary/aromatic N) is 2. The quantitative estimate of drug-likeness (QED) is 0.660. The number of fused-ring (bicyclic) bond motifs is 1. The second-order valence-corrected chi connectivity index (χ2v) is 7.07. The van der Waals surface area contributed by atoms with E-state index in [0.717, 1.165) is 48.7 Å². The summed E-state index contributed by atoms with van der Waals surface area (Å²) in [6.45, 7) is 9.51. The van der Waals surface area contributed by atoms with Crippen LogP contribution < -0.4 is 10.1 Å². The molecule has 1 aliphatic heterocycles. The first kappa shape index (κ1) is 19.7. The van der Waals surface area contributed by atoms with Crippen molar-refractivity contribution in [3.05, 3.63) is 77.9 Å². The maximum Gasteiger partial charge on any atom is 0.122 e. The maximum atomic E-state index is 5.83. The van der Waals surface area contributed by atoms with Gasteiger partial charge < -0.3 is 10.1 Å². The van der Waals surface area contributed by atoms with Crippen molar-refractivity contribution in [3.8, 4) is 5.75 Å². The molecule has 0 unspecified atom stereocenters. The Hall–Kier alpha value is -3.08. The number of hydrogen-bond acceptors (Lipinski definition) is 4. The largest absolute Gasteiger partial charge is 0.493 e. The molecule has 5 nitrogen and oxygen atoms in total. The van der Waals surface area contributed by atoms with Gasteiger partial charge in [0.05, 0.1) is 24.2 Å². The number of anilines is 1. The average Bonchev–Trinajstić information content (AvgIpc) is 3.05. The topological polar surface area (TPSA) is 62.8 Å². The second kappa shape index (κ2) is 9.74. The van der Waals surface area contributed by atoms with Crippen LogP contribution in [0.4, 0.5) is 5.69 Å². The molecule has 0 amide bonds. The molecule has 2 N–H and O–H groups in total. The summed E-state index contributed by atoms with van der Waals surface area (Å²) in [4.78, 5) is 3.88. The van der Waals surface area contributed by atoms with E-state index in [-0.39, 0.29) is 0 Å². The summed E-state index contributed by atoms with van der Waals surface area (Å²) >= 11 is 0. The van der Waals surface area contributed by atoms with Crippen molar-refractivity contribution in [1.29, 1.82) is 0 Å². The van der Waals surface area contributed by atoms with Gasteiger partial charge >= 0.3 is 0 Å². The van der Waals surface area contributed by atoms with Crippen molar-refractivity contribution in [2.24, 2.45) is 0 Å². The Labute approximate surface area is 166 Å². The summed E-state index contributed by atoms with van der Waals surface area (Å²) in [5.74, 6) is 1.04. The zero-order valence-corrected chi connectivity index (χ0v) is 16.7. The Bertz CT molecular complexity index is 902. The van der Waals surface area contributed by atoms with Crippen LogP contribution in [0.3, 0.4) is 0 Å². The molecule has 28 heavy (non-hydrogen) atoms. The highest BCUT2D eigenvalue weighted by atomic mass is 16.5. The summed E-state index contributed by atoms with van der Waals surface area (Å²) < 4.78 is 5.83. The minimum absolute atomic E-state index is 0.746. The molecule has 0 saturated heterocycles. The van der Waals surface area contributed by atoms with E-state index >= 15 is 0 Å². The molecule has 0 spiro atoms. The van der Waals surface area contributed by atoms with E-state index in [1.165, 1.54) is 23.1 Å². The average molecular weight is 377 g/mol. The first-order valence-corrected chi connectivity index (χ1v) is 9.68. The number of rotatable bonds is 4. The fraction of sp³-hybridized carbons (Fsp3) is 0.304. The molecule has 146 valence electrons. The second-order valence-electron chi connectivity index (χ2n) is 7.07. The molecule has 0 fully saturated rings. The molecule has 2 aromatic heterocycles. The summed E-state index contributed by atoms with van der Waals surface area (Å²) in [7, 11) is 0. The number of H-pyrrole nitrogens is 1. The predicted molar refractivity (Wildman–Crippen MR) is 114 cm³/mol. The van der Waals surface area contributed by atoms with Gasteiger partial charge in [0.2, 0.25) is 0 Å².